The number of nitrogens with two attached hydrogens (primary N) is 1. The van der Waals surface area contributed by atoms with Gasteiger partial charge in [0.25, 0.3) is 0 Å². The topological polar surface area (TPSA) is 82.9 Å². The standard InChI is InChI=1S/C10H11N3OS/c1-14-9-3-2-7(5-11)4-8(9)6-15-10(12)13/h2-4H,6H2,1H3,(H3,12,13). The molecule has 5 heteroatoms. The highest BCUT2D eigenvalue weighted by atomic mass is 32.2. The fourth-order valence-electron chi connectivity index (χ4n) is 1.12. The lowest BCUT2D eigenvalue weighted by molar-refractivity contribution is 0.411. The Morgan fingerprint density at radius 1 is 1.67 bits per heavy atom. The molecule has 0 aliphatic rings. The molecule has 0 saturated heterocycles. The van der Waals surface area contributed by atoms with Crippen LogP contribution in [0.25, 0.3) is 0 Å². The summed E-state index contributed by atoms with van der Waals surface area (Å²) in [4.78, 5) is 0. The van der Waals surface area contributed by atoms with E-state index in [-0.39, 0.29) is 5.17 Å². The lowest BCUT2D eigenvalue weighted by atomic mass is 10.1. The Morgan fingerprint density at radius 3 is 2.93 bits per heavy atom. The summed E-state index contributed by atoms with van der Waals surface area (Å²) in [6.45, 7) is 0. The van der Waals surface area contributed by atoms with Crippen LogP contribution in [0.1, 0.15) is 11.1 Å². The molecule has 0 amide bonds. The van der Waals surface area contributed by atoms with E-state index in [4.69, 9.17) is 21.1 Å². The molecule has 0 bridgehead atoms. The number of hydrogen-bond donors (Lipinski definition) is 2. The average molecular weight is 221 g/mol. The summed E-state index contributed by atoms with van der Waals surface area (Å²) in [6.07, 6.45) is 0. The Hall–Kier alpha value is -1.67. The van der Waals surface area contributed by atoms with Gasteiger partial charge in [0, 0.05) is 11.3 Å². The van der Waals surface area contributed by atoms with Gasteiger partial charge in [-0.05, 0) is 18.2 Å². The molecule has 0 aliphatic heterocycles. The van der Waals surface area contributed by atoms with E-state index >= 15 is 0 Å². The SMILES string of the molecule is COc1ccc(C#N)cc1CSC(=N)N. The van der Waals surface area contributed by atoms with E-state index < -0.39 is 0 Å². The Kier molecular flexibility index (Phi) is 4.01. The van der Waals surface area contributed by atoms with Crippen LogP contribution >= 0.6 is 11.8 Å². The number of ether oxygens (including phenoxy) is 1. The van der Waals surface area contributed by atoms with Gasteiger partial charge in [-0.3, -0.25) is 5.41 Å². The van der Waals surface area contributed by atoms with Crippen molar-refractivity contribution in [1.82, 2.24) is 0 Å². The molecule has 0 spiro atoms. The number of hydrogen-bond acceptors (Lipinski definition) is 4. The van der Waals surface area contributed by atoms with Crippen molar-refractivity contribution in [3.63, 3.8) is 0 Å². The summed E-state index contributed by atoms with van der Waals surface area (Å²) in [5, 5.41) is 15.9. The van der Waals surface area contributed by atoms with E-state index in [9.17, 15) is 0 Å². The van der Waals surface area contributed by atoms with Gasteiger partial charge in [-0.25, -0.2) is 0 Å². The molecule has 1 aromatic carbocycles. The van der Waals surface area contributed by atoms with E-state index in [2.05, 4.69) is 6.07 Å². The van der Waals surface area contributed by atoms with Crippen LogP contribution in [0.4, 0.5) is 0 Å². The van der Waals surface area contributed by atoms with Gasteiger partial charge in [0.05, 0.1) is 18.7 Å². The Morgan fingerprint density at radius 2 is 2.40 bits per heavy atom. The van der Waals surface area contributed by atoms with Gasteiger partial charge in [-0.15, -0.1) is 0 Å². The first-order valence-electron chi connectivity index (χ1n) is 4.21. The average Bonchev–Trinajstić information content (AvgIpc) is 2.25. The highest BCUT2D eigenvalue weighted by Crippen LogP contribution is 2.24. The quantitative estimate of drug-likeness (QED) is 0.601. The van der Waals surface area contributed by atoms with E-state index in [1.165, 1.54) is 11.8 Å². The minimum absolute atomic E-state index is 0.0550. The summed E-state index contributed by atoms with van der Waals surface area (Å²) in [7, 11) is 1.57. The zero-order chi connectivity index (χ0) is 11.3. The molecule has 0 aliphatic carbocycles. The normalized spacial score (nSPS) is 9.33. The van der Waals surface area contributed by atoms with Gasteiger partial charge in [0.15, 0.2) is 5.17 Å². The number of nitrogens with zero attached hydrogens (tertiary/aromatic N) is 1. The molecule has 0 heterocycles. The molecule has 0 fully saturated rings. The van der Waals surface area contributed by atoms with Crippen molar-refractivity contribution in [2.45, 2.75) is 5.75 Å². The molecular weight excluding hydrogens is 210 g/mol. The molecule has 0 radical (unpaired) electrons. The number of rotatable bonds is 3. The van der Waals surface area contributed by atoms with Gasteiger partial charge in [-0.2, -0.15) is 5.26 Å². The number of amidine groups is 1. The van der Waals surface area contributed by atoms with Crippen molar-refractivity contribution >= 4 is 16.9 Å². The van der Waals surface area contributed by atoms with Gasteiger partial charge in [-0.1, -0.05) is 11.8 Å². The highest BCUT2D eigenvalue weighted by Gasteiger charge is 2.05. The van der Waals surface area contributed by atoms with Crippen LogP contribution in [0.3, 0.4) is 0 Å². The molecule has 1 rings (SSSR count). The second kappa shape index (κ2) is 5.27. The van der Waals surface area contributed by atoms with Crippen molar-refractivity contribution in [2.75, 3.05) is 7.11 Å². The summed E-state index contributed by atoms with van der Waals surface area (Å²) in [6, 6.07) is 7.24. The summed E-state index contributed by atoms with van der Waals surface area (Å²) in [5.41, 5.74) is 6.69. The zero-order valence-corrected chi connectivity index (χ0v) is 9.10. The monoisotopic (exact) mass is 221 g/mol. The van der Waals surface area contributed by atoms with Crippen LogP contribution in [-0.2, 0) is 5.75 Å². The maximum atomic E-state index is 8.74. The number of nitrogens with one attached hydrogen (secondary N) is 1. The van der Waals surface area contributed by atoms with E-state index in [1.807, 2.05) is 0 Å². The second-order valence-electron chi connectivity index (χ2n) is 2.79. The third-order valence-corrected chi connectivity index (χ3v) is 2.56. The van der Waals surface area contributed by atoms with Gasteiger partial charge < -0.3 is 10.5 Å². The Labute approximate surface area is 92.5 Å². The van der Waals surface area contributed by atoms with Crippen LogP contribution in [0.2, 0.25) is 0 Å². The molecule has 0 aromatic heterocycles. The van der Waals surface area contributed by atoms with Crippen molar-refractivity contribution in [3.8, 4) is 11.8 Å². The molecule has 0 unspecified atom stereocenters. The van der Waals surface area contributed by atoms with Crippen molar-refractivity contribution in [3.05, 3.63) is 29.3 Å². The van der Waals surface area contributed by atoms with Crippen molar-refractivity contribution in [2.24, 2.45) is 5.73 Å². The number of thioether (sulfide) groups is 1. The van der Waals surface area contributed by atoms with Gasteiger partial charge >= 0.3 is 0 Å². The maximum absolute atomic E-state index is 8.74. The minimum Gasteiger partial charge on any atom is -0.496 e. The highest BCUT2D eigenvalue weighted by molar-refractivity contribution is 8.13. The van der Waals surface area contributed by atoms with Crippen LogP contribution in [0, 0.1) is 16.7 Å². The molecule has 3 N–H and O–H groups in total. The predicted octanol–water partition coefficient (Wildman–Crippen LogP) is 1.69. The molecule has 15 heavy (non-hydrogen) atoms. The van der Waals surface area contributed by atoms with Crippen LogP contribution < -0.4 is 10.5 Å². The molecule has 0 saturated carbocycles. The largest absolute Gasteiger partial charge is 0.496 e. The van der Waals surface area contributed by atoms with Gasteiger partial charge in [0.1, 0.15) is 5.75 Å². The molecule has 1 aromatic rings. The predicted molar refractivity (Wildman–Crippen MR) is 60.9 cm³/mol. The van der Waals surface area contributed by atoms with E-state index in [1.54, 1.807) is 25.3 Å². The maximum Gasteiger partial charge on any atom is 0.151 e. The van der Waals surface area contributed by atoms with Crippen LogP contribution in [0.15, 0.2) is 18.2 Å². The first-order chi connectivity index (χ1) is 7.17. The number of nitriles is 1. The van der Waals surface area contributed by atoms with Crippen molar-refractivity contribution in [1.29, 1.82) is 10.7 Å². The lowest BCUT2D eigenvalue weighted by Gasteiger charge is -2.07. The minimum atomic E-state index is 0.0550. The van der Waals surface area contributed by atoms with Crippen LogP contribution in [-0.4, -0.2) is 12.3 Å². The summed E-state index contributed by atoms with van der Waals surface area (Å²) < 4.78 is 5.14. The number of benzene rings is 1. The fraction of sp³-hybridized carbons (Fsp3) is 0.200. The Bertz CT molecular complexity index is 412. The summed E-state index contributed by atoms with van der Waals surface area (Å²) >= 11 is 1.20. The van der Waals surface area contributed by atoms with E-state index in [0.29, 0.717) is 17.1 Å². The third kappa shape index (κ3) is 3.18. The second-order valence-corrected chi connectivity index (χ2v) is 3.81. The van der Waals surface area contributed by atoms with Crippen molar-refractivity contribution < 1.29 is 4.74 Å². The third-order valence-electron chi connectivity index (χ3n) is 1.79. The van der Waals surface area contributed by atoms with Gasteiger partial charge in [0.2, 0.25) is 0 Å². The molecular formula is C10H11N3OS. The smallest absolute Gasteiger partial charge is 0.151 e. The zero-order valence-electron chi connectivity index (χ0n) is 8.28. The molecule has 0 atom stereocenters. The lowest BCUT2D eigenvalue weighted by Crippen LogP contribution is -2.04. The van der Waals surface area contributed by atoms with Crippen LogP contribution in [0.5, 0.6) is 5.75 Å². The fourth-order valence-corrected chi connectivity index (χ4v) is 1.65. The Balaban J connectivity index is 2.92. The molecule has 78 valence electrons. The molecule has 4 nitrogen and oxygen atoms in total. The first-order valence-corrected chi connectivity index (χ1v) is 5.19. The number of methoxy groups -OCH3 is 1. The first kappa shape index (κ1) is 11.4. The summed E-state index contributed by atoms with van der Waals surface area (Å²) in [5.74, 6) is 1.25. The van der Waals surface area contributed by atoms with E-state index in [0.717, 1.165) is 5.56 Å².